The molecule has 0 saturated heterocycles. The van der Waals surface area contributed by atoms with Crippen molar-refractivity contribution < 1.29 is 19.1 Å². The second-order valence-electron chi connectivity index (χ2n) is 8.15. The predicted molar refractivity (Wildman–Crippen MR) is 130 cm³/mol. The lowest BCUT2D eigenvalue weighted by molar-refractivity contribution is -0.141. The molecule has 2 atom stereocenters. The minimum atomic E-state index is -0.629. The smallest absolute Gasteiger partial charge is 0.243 e. The summed E-state index contributed by atoms with van der Waals surface area (Å²) in [6, 6.07) is 10.3. The third-order valence-corrected chi connectivity index (χ3v) is 6.55. The molecule has 0 unspecified atom stereocenters. The van der Waals surface area contributed by atoms with Crippen LogP contribution in [0.1, 0.15) is 51.2 Å². The minimum Gasteiger partial charge on any atom is -0.454 e. The maximum absolute atomic E-state index is 13.4. The summed E-state index contributed by atoms with van der Waals surface area (Å²) in [6.45, 7) is 6.21. The van der Waals surface area contributed by atoms with Gasteiger partial charge in [0, 0.05) is 34.6 Å². The van der Waals surface area contributed by atoms with Gasteiger partial charge < -0.3 is 19.7 Å². The molecule has 0 fully saturated rings. The van der Waals surface area contributed by atoms with Gasteiger partial charge in [0.2, 0.25) is 18.6 Å². The summed E-state index contributed by atoms with van der Waals surface area (Å²) in [5.74, 6) is 1.06. The molecule has 0 spiro atoms. The van der Waals surface area contributed by atoms with Crippen LogP contribution in [0.2, 0.25) is 10.0 Å². The molecule has 0 aliphatic carbocycles. The molecule has 0 saturated carbocycles. The Balaban J connectivity index is 1.81. The van der Waals surface area contributed by atoms with E-state index < -0.39 is 6.04 Å². The number of hydrogen-bond donors (Lipinski definition) is 1. The third-order valence-electron chi connectivity index (χ3n) is 5.84. The number of ether oxygens (including phenoxy) is 2. The van der Waals surface area contributed by atoms with Crippen molar-refractivity contribution in [3.05, 3.63) is 57.6 Å². The second kappa shape index (κ2) is 11.6. The molecular weight excluding hydrogens is 463 g/mol. The normalized spacial score (nSPS) is 14.0. The Morgan fingerprint density at radius 3 is 2.42 bits per heavy atom. The minimum absolute atomic E-state index is 0.0148. The van der Waals surface area contributed by atoms with Crippen LogP contribution in [0.5, 0.6) is 11.5 Å². The Morgan fingerprint density at radius 1 is 1.06 bits per heavy atom. The van der Waals surface area contributed by atoms with E-state index in [1.165, 1.54) is 0 Å². The van der Waals surface area contributed by atoms with Crippen molar-refractivity contribution in [2.45, 2.75) is 65.1 Å². The Labute approximate surface area is 205 Å². The molecule has 1 aliphatic heterocycles. The first-order valence-corrected chi connectivity index (χ1v) is 12.0. The van der Waals surface area contributed by atoms with E-state index in [2.05, 4.69) is 5.32 Å². The van der Waals surface area contributed by atoms with Gasteiger partial charge in [-0.1, -0.05) is 49.2 Å². The summed E-state index contributed by atoms with van der Waals surface area (Å²) in [5.41, 5.74) is 1.59. The molecule has 2 aromatic carbocycles. The zero-order valence-corrected chi connectivity index (χ0v) is 20.7. The predicted octanol–water partition coefficient (Wildman–Crippen LogP) is 5.38. The molecule has 0 aromatic heterocycles. The van der Waals surface area contributed by atoms with Crippen molar-refractivity contribution >= 4 is 35.0 Å². The Bertz CT molecular complexity index is 978. The van der Waals surface area contributed by atoms with E-state index in [1.54, 1.807) is 23.1 Å². The number of amides is 2. The number of benzene rings is 2. The van der Waals surface area contributed by atoms with Crippen molar-refractivity contribution in [1.29, 1.82) is 0 Å². The van der Waals surface area contributed by atoms with Crippen LogP contribution < -0.4 is 14.8 Å². The Kier molecular flexibility index (Phi) is 8.87. The number of aryl methyl sites for hydroxylation is 1. The molecule has 3 rings (SSSR count). The fourth-order valence-electron chi connectivity index (χ4n) is 3.71. The van der Waals surface area contributed by atoms with E-state index in [4.69, 9.17) is 32.7 Å². The fraction of sp³-hybridized carbons (Fsp3) is 0.440. The summed E-state index contributed by atoms with van der Waals surface area (Å²) in [5, 5.41) is 3.94. The largest absolute Gasteiger partial charge is 0.454 e. The lowest BCUT2D eigenvalue weighted by Crippen LogP contribution is -2.50. The zero-order chi connectivity index (χ0) is 24.0. The van der Waals surface area contributed by atoms with Gasteiger partial charge in [0.05, 0.1) is 0 Å². The van der Waals surface area contributed by atoms with Gasteiger partial charge in [0.15, 0.2) is 11.5 Å². The van der Waals surface area contributed by atoms with Crippen LogP contribution in [-0.2, 0) is 22.6 Å². The number of carbonyl (C=O) groups excluding carboxylic acids is 2. The number of fused-ring (bicyclic) bond motifs is 1. The number of nitrogens with one attached hydrogen (secondary N) is 1. The number of hydrogen-bond acceptors (Lipinski definition) is 4. The van der Waals surface area contributed by atoms with Gasteiger partial charge in [0.1, 0.15) is 6.04 Å². The van der Waals surface area contributed by atoms with Gasteiger partial charge in [-0.2, -0.15) is 0 Å². The van der Waals surface area contributed by atoms with Crippen molar-refractivity contribution in [1.82, 2.24) is 10.2 Å². The third kappa shape index (κ3) is 6.33. The van der Waals surface area contributed by atoms with E-state index in [0.29, 0.717) is 39.9 Å². The first kappa shape index (κ1) is 25.2. The monoisotopic (exact) mass is 492 g/mol. The molecule has 0 bridgehead atoms. The molecule has 0 radical (unpaired) electrons. The van der Waals surface area contributed by atoms with E-state index in [1.807, 2.05) is 39.0 Å². The molecule has 33 heavy (non-hydrogen) atoms. The molecule has 6 nitrogen and oxygen atoms in total. The standard InChI is InChI=1S/C25H30Cl2N2O4/c1-4-16(3)28-25(31)21(5-2)29(14-18-19(26)7-6-8-20(18)27)24(30)12-10-17-9-11-22-23(13-17)33-15-32-22/h6-9,11,13,16,21H,4-5,10,12,14-15H2,1-3H3,(H,28,31)/t16-,21-/m1/s1. The summed E-state index contributed by atoms with van der Waals surface area (Å²) in [6.07, 6.45) is 2.01. The van der Waals surface area contributed by atoms with Crippen LogP contribution >= 0.6 is 23.2 Å². The van der Waals surface area contributed by atoms with Crippen LogP contribution in [0.4, 0.5) is 0 Å². The summed E-state index contributed by atoms with van der Waals surface area (Å²) >= 11 is 12.8. The molecule has 178 valence electrons. The maximum Gasteiger partial charge on any atom is 0.243 e. The molecular formula is C25H30Cl2N2O4. The average molecular weight is 493 g/mol. The van der Waals surface area contributed by atoms with Gasteiger partial charge >= 0.3 is 0 Å². The van der Waals surface area contributed by atoms with Crippen molar-refractivity contribution in [2.75, 3.05) is 6.79 Å². The van der Waals surface area contributed by atoms with E-state index in [9.17, 15) is 9.59 Å². The summed E-state index contributed by atoms with van der Waals surface area (Å²) < 4.78 is 10.8. The van der Waals surface area contributed by atoms with Gasteiger partial charge in [-0.25, -0.2) is 0 Å². The summed E-state index contributed by atoms with van der Waals surface area (Å²) in [4.78, 5) is 28.1. The highest BCUT2D eigenvalue weighted by Gasteiger charge is 2.30. The molecule has 1 N–H and O–H groups in total. The molecule has 1 aliphatic rings. The van der Waals surface area contributed by atoms with Crippen molar-refractivity contribution in [3.63, 3.8) is 0 Å². The molecule has 2 aromatic rings. The van der Waals surface area contributed by atoms with Crippen molar-refractivity contribution in [3.8, 4) is 11.5 Å². The van der Waals surface area contributed by atoms with E-state index >= 15 is 0 Å². The Morgan fingerprint density at radius 2 is 1.76 bits per heavy atom. The SMILES string of the molecule is CC[C@@H](C)NC(=O)[C@@H](CC)N(Cc1c(Cl)cccc1Cl)C(=O)CCc1ccc2c(c1)OCO2. The lowest BCUT2D eigenvalue weighted by atomic mass is 10.1. The van der Waals surface area contributed by atoms with Crippen LogP contribution in [0, 0.1) is 0 Å². The van der Waals surface area contributed by atoms with Gasteiger partial charge in [-0.3, -0.25) is 9.59 Å². The van der Waals surface area contributed by atoms with Gasteiger partial charge in [-0.15, -0.1) is 0 Å². The molecule has 2 amide bonds. The van der Waals surface area contributed by atoms with Crippen molar-refractivity contribution in [2.24, 2.45) is 0 Å². The first-order valence-electron chi connectivity index (χ1n) is 11.2. The molecule has 8 heteroatoms. The van der Waals surface area contributed by atoms with Crippen LogP contribution in [0.25, 0.3) is 0 Å². The second-order valence-corrected chi connectivity index (χ2v) is 8.97. The zero-order valence-electron chi connectivity index (χ0n) is 19.2. The maximum atomic E-state index is 13.4. The van der Waals surface area contributed by atoms with E-state index in [0.717, 1.165) is 12.0 Å². The van der Waals surface area contributed by atoms with Gasteiger partial charge in [0.25, 0.3) is 0 Å². The van der Waals surface area contributed by atoms with Gasteiger partial charge in [-0.05, 0) is 56.0 Å². The number of carbonyl (C=O) groups is 2. The lowest BCUT2D eigenvalue weighted by Gasteiger charge is -2.32. The Hall–Kier alpha value is -2.44. The number of nitrogens with zero attached hydrogens (tertiary/aromatic N) is 1. The quantitative estimate of drug-likeness (QED) is 0.483. The van der Waals surface area contributed by atoms with E-state index in [-0.39, 0.29) is 37.6 Å². The highest BCUT2D eigenvalue weighted by molar-refractivity contribution is 6.36. The molecule has 1 heterocycles. The van der Waals surface area contributed by atoms with Crippen LogP contribution in [-0.4, -0.2) is 35.6 Å². The summed E-state index contributed by atoms with van der Waals surface area (Å²) in [7, 11) is 0. The number of rotatable bonds is 10. The number of halogens is 2. The average Bonchev–Trinajstić information content (AvgIpc) is 3.27. The highest BCUT2D eigenvalue weighted by atomic mass is 35.5. The highest BCUT2D eigenvalue weighted by Crippen LogP contribution is 2.33. The first-order chi connectivity index (χ1) is 15.8. The van der Waals surface area contributed by atoms with Crippen LogP contribution in [0.15, 0.2) is 36.4 Å². The topological polar surface area (TPSA) is 67.9 Å². The fourth-order valence-corrected chi connectivity index (χ4v) is 4.22. The van der Waals surface area contributed by atoms with Crippen LogP contribution in [0.3, 0.4) is 0 Å².